The highest BCUT2D eigenvalue weighted by Gasteiger charge is 2.22. The first-order chi connectivity index (χ1) is 15.5. The van der Waals surface area contributed by atoms with E-state index in [2.05, 4.69) is 20.3 Å². The first-order valence-electron chi connectivity index (χ1n) is 10.1. The van der Waals surface area contributed by atoms with Crippen LogP contribution in [0.4, 0.5) is 5.69 Å². The van der Waals surface area contributed by atoms with E-state index in [-0.39, 0.29) is 0 Å². The van der Waals surface area contributed by atoms with Crippen molar-refractivity contribution in [2.24, 2.45) is 0 Å². The molecule has 4 rings (SSSR count). The van der Waals surface area contributed by atoms with Crippen LogP contribution in [0.2, 0.25) is 0 Å². The highest BCUT2D eigenvalue weighted by Crippen LogP contribution is 2.41. The molecule has 0 spiro atoms. The number of para-hydroxylation sites is 1. The highest BCUT2D eigenvalue weighted by molar-refractivity contribution is 6.07. The summed E-state index contributed by atoms with van der Waals surface area (Å²) in [6.07, 6.45) is 5.56. The van der Waals surface area contributed by atoms with Gasteiger partial charge in [0, 0.05) is 73.7 Å². The second-order valence-electron chi connectivity index (χ2n) is 7.57. The number of H-pyrrole nitrogens is 1. The summed E-state index contributed by atoms with van der Waals surface area (Å²) in [5.41, 5.74) is 5.42. The Labute approximate surface area is 185 Å². The van der Waals surface area contributed by atoms with Gasteiger partial charge in [-0.3, -0.25) is 9.78 Å². The van der Waals surface area contributed by atoms with E-state index < -0.39 is 12.0 Å². The van der Waals surface area contributed by atoms with Gasteiger partial charge in [-0.1, -0.05) is 18.2 Å². The van der Waals surface area contributed by atoms with Crippen molar-refractivity contribution in [3.8, 4) is 28.0 Å². The van der Waals surface area contributed by atoms with Crippen LogP contribution in [0.5, 0.6) is 5.75 Å². The molecule has 0 bridgehead atoms. The number of fused-ring (bicyclic) bond motifs is 1. The van der Waals surface area contributed by atoms with E-state index in [4.69, 9.17) is 4.74 Å². The van der Waals surface area contributed by atoms with Gasteiger partial charge in [-0.05, 0) is 12.1 Å². The maximum Gasteiger partial charge on any atom is 0.255 e. The Bertz CT molecular complexity index is 1280. The Balaban J connectivity index is 1.88. The lowest BCUT2D eigenvalue weighted by atomic mass is 9.98. The number of nitrogens with one attached hydrogen (secondary N) is 2. The van der Waals surface area contributed by atoms with Gasteiger partial charge in [0.15, 0.2) is 6.10 Å². The minimum atomic E-state index is -1.29. The number of hydrogen-bond acceptors (Lipinski definition) is 6. The molecule has 1 amide bonds. The molecule has 0 saturated heterocycles. The maximum absolute atomic E-state index is 12.2. The van der Waals surface area contributed by atoms with Crippen LogP contribution in [0.3, 0.4) is 0 Å². The van der Waals surface area contributed by atoms with Crippen LogP contribution in [0, 0.1) is 0 Å². The summed E-state index contributed by atoms with van der Waals surface area (Å²) in [4.78, 5) is 25.7. The number of carbonyl (C=O) groups excluding carboxylic acids is 1. The van der Waals surface area contributed by atoms with Crippen molar-refractivity contribution in [1.29, 1.82) is 0 Å². The molecule has 0 aliphatic carbocycles. The predicted molar refractivity (Wildman–Crippen MR) is 125 cm³/mol. The second-order valence-corrected chi connectivity index (χ2v) is 7.57. The monoisotopic (exact) mass is 431 g/mol. The number of nitrogens with zero attached hydrogens (tertiary/aromatic N) is 3. The van der Waals surface area contributed by atoms with Crippen LogP contribution in [0.15, 0.2) is 55.1 Å². The van der Waals surface area contributed by atoms with Crippen molar-refractivity contribution in [3.63, 3.8) is 0 Å². The van der Waals surface area contributed by atoms with Crippen LogP contribution in [-0.4, -0.2) is 59.1 Å². The van der Waals surface area contributed by atoms with Crippen molar-refractivity contribution in [2.75, 3.05) is 33.6 Å². The molecule has 0 aliphatic rings. The molecule has 32 heavy (non-hydrogen) atoms. The van der Waals surface area contributed by atoms with E-state index in [0.717, 1.165) is 44.7 Å². The first-order valence-corrected chi connectivity index (χ1v) is 10.1. The Morgan fingerprint density at radius 2 is 1.94 bits per heavy atom. The number of methoxy groups -OCH3 is 1. The molecule has 8 nitrogen and oxygen atoms in total. The molecule has 3 aromatic heterocycles. The third kappa shape index (κ3) is 3.65. The third-order valence-corrected chi connectivity index (χ3v) is 5.41. The minimum absolute atomic E-state index is 0.407. The Kier molecular flexibility index (Phi) is 5.79. The SMILES string of the molecule is CNc1c(-c2cncc(C(O)C(=O)N(C)C)c2)cnc2[nH]cc(-c3ccccc3OC)c12. The fraction of sp³-hybridized carbons (Fsp3) is 0.208. The quantitative estimate of drug-likeness (QED) is 0.432. The summed E-state index contributed by atoms with van der Waals surface area (Å²) in [6.45, 7) is 0. The molecule has 164 valence electrons. The summed E-state index contributed by atoms with van der Waals surface area (Å²) >= 11 is 0. The van der Waals surface area contributed by atoms with Crippen LogP contribution in [-0.2, 0) is 4.79 Å². The van der Waals surface area contributed by atoms with Crippen LogP contribution in [0.1, 0.15) is 11.7 Å². The van der Waals surface area contributed by atoms with Gasteiger partial charge < -0.3 is 25.0 Å². The van der Waals surface area contributed by atoms with Crippen molar-refractivity contribution < 1.29 is 14.6 Å². The van der Waals surface area contributed by atoms with E-state index in [1.54, 1.807) is 39.7 Å². The number of rotatable bonds is 6. The number of benzene rings is 1. The zero-order chi connectivity index (χ0) is 22.8. The molecule has 3 N–H and O–H groups in total. The summed E-state index contributed by atoms with van der Waals surface area (Å²) < 4.78 is 5.56. The smallest absolute Gasteiger partial charge is 0.255 e. The van der Waals surface area contributed by atoms with E-state index in [0.29, 0.717) is 5.56 Å². The molecular weight excluding hydrogens is 406 g/mol. The minimum Gasteiger partial charge on any atom is -0.496 e. The first kappa shape index (κ1) is 21.3. The zero-order valence-corrected chi connectivity index (χ0v) is 18.4. The number of aromatic nitrogens is 3. The fourth-order valence-corrected chi connectivity index (χ4v) is 3.80. The van der Waals surface area contributed by atoms with E-state index >= 15 is 0 Å². The van der Waals surface area contributed by atoms with Crippen molar-refractivity contribution in [2.45, 2.75) is 6.10 Å². The number of pyridine rings is 2. The molecular formula is C24H25N5O3. The molecule has 0 radical (unpaired) electrons. The van der Waals surface area contributed by atoms with Crippen LogP contribution >= 0.6 is 0 Å². The Morgan fingerprint density at radius 3 is 2.66 bits per heavy atom. The number of hydrogen-bond donors (Lipinski definition) is 3. The lowest BCUT2D eigenvalue weighted by molar-refractivity contribution is -0.137. The summed E-state index contributed by atoms with van der Waals surface area (Å²) in [7, 11) is 6.70. The van der Waals surface area contributed by atoms with Crippen LogP contribution < -0.4 is 10.1 Å². The number of amides is 1. The van der Waals surface area contributed by atoms with Crippen molar-refractivity contribution in [1.82, 2.24) is 19.9 Å². The van der Waals surface area contributed by atoms with Gasteiger partial charge in [-0.25, -0.2) is 4.98 Å². The molecule has 1 atom stereocenters. The predicted octanol–water partition coefficient (Wildman–Crippen LogP) is 3.46. The van der Waals surface area contributed by atoms with Gasteiger partial charge in [0.1, 0.15) is 11.4 Å². The molecule has 0 aliphatic heterocycles. The van der Waals surface area contributed by atoms with Crippen molar-refractivity contribution >= 4 is 22.6 Å². The van der Waals surface area contributed by atoms with Gasteiger partial charge in [-0.15, -0.1) is 0 Å². The number of aliphatic hydroxyl groups is 1. The van der Waals surface area contributed by atoms with Gasteiger partial charge in [-0.2, -0.15) is 0 Å². The highest BCUT2D eigenvalue weighted by atomic mass is 16.5. The average molecular weight is 431 g/mol. The summed E-state index contributed by atoms with van der Waals surface area (Å²) in [5, 5.41) is 14.7. The topological polar surface area (TPSA) is 103 Å². The molecule has 4 aromatic rings. The largest absolute Gasteiger partial charge is 0.496 e. The standard InChI is InChI=1S/C24H25N5O3/c1-25-21-17(14-9-15(11-26-10-14)22(30)24(31)29(2)3)12-27-23-20(21)18(13-28-23)16-7-5-6-8-19(16)32-4/h5-13,22,30H,1-4H3,(H2,25,27,28). The molecule has 1 unspecified atom stereocenters. The summed E-state index contributed by atoms with van der Waals surface area (Å²) in [5.74, 6) is 0.352. The molecule has 0 saturated carbocycles. The summed E-state index contributed by atoms with van der Waals surface area (Å²) in [6, 6.07) is 9.57. The number of anilines is 1. The Morgan fingerprint density at radius 1 is 1.16 bits per heavy atom. The van der Waals surface area contributed by atoms with Gasteiger partial charge in [0.25, 0.3) is 5.91 Å². The van der Waals surface area contributed by atoms with E-state index in [1.165, 1.54) is 11.1 Å². The molecule has 8 heteroatoms. The van der Waals surface area contributed by atoms with Gasteiger partial charge in [0.05, 0.1) is 18.2 Å². The molecule has 0 fully saturated rings. The number of carbonyl (C=O) groups is 1. The average Bonchev–Trinajstić information content (AvgIpc) is 3.26. The van der Waals surface area contributed by atoms with Gasteiger partial charge in [0.2, 0.25) is 0 Å². The fourth-order valence-electron chi connectivity index (χ4n) is 3.80. The number of ether oxygens (including phenoxy) is 1. The van der Waals surface area contributed by atoms with E-state index in [9.17, 15) is 9.90 Å². The van der Waals surface area contributed by atoms with E-state index in [1.807, 2.05) is 37.5 Å². The maximum atomic E-state index is 12.2. The molecule has 3 heterocycles. The second kappa shape index (κ2) is 8.68. The van der Waals surface area contributed by atoms with Gasteiger partial charge >= 0.3 is 0 Å². The third-order valence-electron chi connectivity index (χ3n) is 5.41. The lowest BCUT2D eigenvalue weighted by Gasteiger charge is -2.17. The lowest BCUT2D eigenvalue weighted by Crippen LogP contribution is -2.28. The van der Waals surface area contributed by atoms with Crippen LogP contribution in [0.25, 0.3) is 33.3 Å². The number of likely N-dealkylation sites (N-methyl/N-ethyl adjacent to an activating group) is 1. The number of aromatic amines is 1. The molecule has 1 aromatic carbocycles. The Hall–Kier alpha value is -3.91. The van der Waals surface area contributed by atoms with Crippen molar-refractivity contribution in [3.05, 3.63) is 60.7 Å². The number of aliphatic hydroxyl groups excluding tert-OH is 1. The normalized spacial score (nSPS) is 11.9. The zero-order valence-electron chi connectivity index (χ0n) is 18.4.